The Kier molecular flexibility index (Phi) is 13.6. The summed E-state index contributed by atoms with van der Waals surface area (Å²) in [4.78, 5) is 4.41. The predicted octanol–water partition coefficient (Wildman–Crippen LogP) is 3.50. The highest BCUT2D eigenvalue weighted by Crippen LogP contribution is 2.25. The molecule has 0 aliphatic carbocycles. The number of ether oxygens (including phenoxy) is 3. The van der Waals surface area contributed by atoms with Gasteiger partial charge < -0.3 is 30.2 Å². The molecule has 2 saturated heterocycles. The summed E-state index contributed by atoms with van der Waals surface area (Å²) in [5.41, 5.74) is 1.29. The first-order chi connectivity index (χ1) is 15.7. The molecule has 1 unspecified atom stereocenters. The van der Waals surface area contributed by atoms with Gasteiger partial charge in [-0.05, 0) is 50.5 Å². The molecule has 188 valence electrons. The molecule has 3 N–H and O–H groups in total. The summed E-state index contributed by atoms with van der Waals surface area (Å²) in [6, 6.07) is 10.9. The summed E-state index contributed by atoms with van der Waals surface area (Å²) < 4.78 is 16.9. The molecule has 2 aliphatic heterocycles. The Morgan fingerprint density at radius 2 is 1.79 bits per heavy atom. The Balaban J connectivity index is 0.00000385. The summed E-state index contributed by atoms with van der Waals surface area (Å²) >= 11 is 0. The van der Waals surface area contributed by atoms with E-state index in [1.54, 1.807) is 0 Å². The number of benzene rings is 1. The summed E-state index contributed by atoms with van der Waals surface area (Å²) in [6.45, 7) is 8.85. The van der Waals surface area contributed by atoms with Crippen molar-refractivity contribution in [2.45, 2.75) is 50.6 Å². The van der Waals surface area contributed by atoms with Crippen LogP contribution in [0.2, 0.25) is 0 Å². The lowest BCUT2D eigenvalue weighted by Gasteiger charge is -2.41. The zero-order valence-electron chi connectivity index (χ0n) is 20.3. The van der Waals surface area contributed by atoms with E-state index in [9.17, 15) is 0 Å². The number of hydrogen-bond acceptors (Lipinski definition) is 5. The smallest absolute Gasteiger partial charge is 0.191 e. The van der Waals surface area contributed by atoms with Crippen molar-refractivity contribution in [1.82, 2.24) is 16.0 Å². The summed E-state index contributed by atoms with van der Waals surface area (Å²) in [6.07, 6.45) is 5.17. The van der Waals surface area contributed by atoms with Crippen LogP contribution in [0.1, 0.15) is 50.6 Å². The Hall–Kier alpha value is -0.940. The molecule has 1 aromatic carbocycles. The van der Waals surface area contributed by atoms with Crippen LogP contribution in [0.15, 0.2) is 35.3 Å². The molecular formula is C25H43IN4O3. The van der Waals surface area contributed by atoms with Crippen molar-refractivity contribution in [1.29, 1.82) is 0 Å². The SMILES string of the molecule is CN=C(NCCCOCC1CCOCC1)NCC1(NC(C)c2ccccc2)CCOCC1.I. The van der Waals surface area contributed by atoms with E-state index in [1.165, 1.54) is 5.56 Å². The monoisotopic (exact) mass is 574 g/mol. The van der Waals surface area contributed by atoms with Crippen molar-refractivity contribution >= 4 is 29.9 Å². The van der Waals surface area contributed by atoms with Gasteiger partial charge in [0.05, 0.1) is 0 Å². The largest absolute Gasteiger partial charge is 0.381 e. The second-order valence-corrected chi connectivity index (χ2v) is 9.01. The average molecular weight is 575 g/mol. The number of nitrogens with zero attached hydrogens (tertiary/aromatic N) is 1. The highest BCUT2D eigenvalue weighted by atomic mass is 127. The Labute approximate surface area is 216 Å². The van der Waals surface area contributed by atoms with E-state index in [0.717, 1.165) is 90.8 Å². The molecular weight excluding hydrogens is 531 g/mol. The first-order valence-corrected chi connectivity index (χ1v) is 12.2. The van der Waals surface area contributed by atoms with Crippen LogP contribution in [-0.2, 0) is 14.2 Å². The maximum absolute atomic E-state index is 5.87. The van der Waals surface area contributed by atoms with Gasteiger partial charge in [0.2, 0.25) is 0 Å². The number of hydrogen-bond donors (Lipinski definition) is 3. The second kappa shape index (κ2) is 15.9. The Bertz CT molecular complexity index is 665. The minimum atomic E-state index is -0.0159. The lowest BCUT2D eigenvalue weighted by atomic mass is 9.88. The van der Waals surface area contributed by atoms with Crippen molar-refractivity contribution < 1.29 is 14.2 Å². The molecule has 0 saturated carbocycles. The second-order valence-electron chi connectivity index (χ2n) is 9.01. The van der Waals surface area contributed by atoms with Crippen molar-refractivity contribution in [2.75, 3.05) is 59.8 Å². The van der Waals surface area contributed by atoms with Crippen molar-refractivity contribution in [3.8, 4) is 0 Å². The van der Waals surface area contributed by atoms with Gasteiger partial charge in [-0.1, -0.05) is 30.3 Å². The van der Waals surface area contributed by atoms with Crippen LogP contribution in [0.4, 0.5) is 0 Å². The topological polar surface area (TPSA) is 76.1 Å². The predicted molar refractivity (Wildman–Crippen MR) is 145 cm³/mol. The third-order valence-corrected chi connectivity index (χ3v) is 6.54. The van der Waals surface area contributed by atoms with Crippen LogP contribution in [0, 0.1) is 5.92 Å². The molecule has 2 aliphatic rings. The number of nitrogens with one attached hydrogen (secondary N) is 3. The van der Waals surface area contributed by atoms with E-state index in [0.29, 0.717) is 5.92 Å². The first kappa shape index (κ1) is 28.3. The van der Waals surface area contributed by atoms with E-state index in [2.05, 4.69) is 58.2 Å². The summed E-state index contributed by atoms with van der Waals surface area (Å²) in [5.74, 6) is 1.50. The zero-order chi connectivity index (χ0) is 22.5. The molecule has 2 heterocycles. The Morgan fingerprint density at radius 3 is 2.48 bits per heavy atom. The van der Waals surface area contributed by atoms with E-state index in [1.807, 2.05) is 7.05 Å². The van der Waals surface area contributed by atoms with Crippen molar-refractivity contribution in [2.24, 2.45) is 10.9 Å². The minimum absolute atomic E-state index is 0. The van der Waals surface area contributed by atoms with Crippen LogP contribution >= 0.6 is 24.0 Å². The van der Waals surface area contributed by atoms with Gasteiger partial charge in [0.25, 0.3) is 0 Å². The van der Waals surface area contributed by atoms with E-state index < -0.39 is 0 Å². The molecule has 0 aromatic heterocycles. The molecule has 33 heavy (non-hydrogen) atoms. The van der Waals surface area contributed by atoms with E-state index >= 15 is 0 Å². The quantitative estimate of drug-likeness (QED) is 0.163. The Morgan fingerprint density at radius 1 is 1.09 bits per heavy atom. The van der Waals surface area contributed by atoms with Gasteiger partial charge in [-0.3, -0.25) is 4.99 Å². The normalized spacial score (nSPS) is 20.0. The zero-order valence-corrected chi connectivity index (χ0v) is 22.6. The number of halogens is 1. The maximum atomic E-state index is 5.87. The van der Waals surface area contributed by atoms with Crippen LogP contribution < -0.4 is 16.0 Å². The van der Waals surface area contributed by atoms with Crippen LogP contribution in [0.25, 0.3) is 0 Å². The lowest BCUT2D eigenvalue weighted by Crippen LogP contribution is -2.58. The van der Waals surface area contributed by atoms with Gasteiger partial charge in [0, 0.05) is 71.4 Å². The van der Waals surface area contributed by atoms with E-state index in [4.69, 9.17) is 14.2 Å². The average Bonchev–Trinajstić information content (AvgIpc) is 2.85. The molecule has 1 atom stereocenters. The summed E-state index contributed by atoms with van der Waals surface area (Å²) in [5, 5.41) is 10.9. The van der Waals surface area contributed by atoms with Crippen molar-refractivity contribution in [3.63, 3.8) is 0 Å². The molecule has 7 nitrogen and oxygen atoms in total. The van der Waals surface area contributed by atoms with Gasteiger partial charge in [-0.2, -0.15) is 0 Å². The third-order valence-electron chi connectivity index (χ3n) is 6.54. The fourth-order valence-corrected chi connectivity index (χ4v) is 4.44. The first-order valence-electron chi connectivity index (χ1n) is 12.2. The van der Waals surface area contributed by atoms with Gasteiger partial charge in [0.15, 0.2) is 5.96 Å². The minimum Gasteiger partial charge on any atom is -0.381 e. The van der Waals surface area contributed by atoms with Crippen molar-refractivity contribution in [3.05, 3.63) is 35.9 Å². The summed E-state index contributed by atoms with van der Waals surface area (Å²) in [7, 11) is 1.83. The highest BCUT2D eigenvalue weighted by molar-refractivity contribution is 14.0. The number of rotatable bonds is 11. The highest BCUT2D eigenvalue weighted by Gasteiger charge is 2.34. The molecule has 1 aromatic rings. The fourth-order valence-electron chi connectivity index (χ4n) is 4.44. The lowest BCUT2D eigenvalue weighted by molar-refractivity contribution is 0.0203. The van der Waals surface area contributed by atoms with Gasteiger partial charge in [0.1, 0.15) is 0 Å². The van der Waals surface area contributed by atoms with Gasteiger partial charge in [-0.15, -0.1) is 24.0 Å². The van der Waals surface area contributed by atoms with Crippen LogP contribution in [0.3, 0.4) is 0 Å². The fraction of sp³-hybridized carbons (Fsp3) is 0.720. The molecule has 2 fully saturated rings. The van der Waals surface area contributed by atoms with Crippen LogP contribution in [0.5, 0.6) is 0 Å². The number of guanidine groups is 1. The molecule has 8 heteroatoms. The standard InChI is InChI=1S/C25H42N4O3.HI/c1-21(23-7-4-3-5-8-23)29-25(11-17-31-18-12-25)20-28-24(26-2)27-13-6-14-32-19-22-9-15-30-16-10-22;/h3-5,7-8,21-22,29H,6,9-20H2,1-2H3,(H2,26,27,28);1H. The maximum Gasteiger partial charge on any atom is 0.191 e. The molecule has 0 amide bonds. The molecule has 0 spiro atoms. The van der Waals surface area contributed by atoms with E-state index in [-0.39, 0.29) is 35.6 Å². The molecule has 3 rings (SSSR count). The third kappa shape index (κ3) is 10.1. The number of aliphatic imine (C=N–C) groups is 1. The molecule has 0 bridgehead atoms. The van der Waals surface area contributed by atoms with Crippen LogP contribution in [-0.4, -0.2) is 71.3 Å². The van der Waals surface area contributed by atoms with Gasteiger partial charge in [-0.25, -0.2) is 0 Å². The molecule has 0 radical (unpaired) electrons. The van der Waals surface area contributed by atoms with Gasteiger partial charge >= 0.3 is 0 Å².